The lowest BCUT2D eigenvalue weighted by Gasteiger charge is -2.14. The minimum Gasteiger partial charge on any atom is -0.398 e. The molecule has 16 heavy (non-hydrogen) atoms. The zero-order valence-electron chi connectivity index (χ0n) is 8.56. The van der Waals surface area contributed by atoms with Gasteiger partial charge < -0.3 is 5.73 Å². The van der Waals surface area contributed by atoms with Gasteiger partial charge in [0.25, 0.3) is 0 Å². The molecule has 0 aliphatic heterocycles. The summed E-state index contributed by atoms with van der Waals surface area (Å²) in [6.45, 7) is 3.37. The number of nitrogen functional groups attached to an aromatic ring is 1. The lowest BCUT2D eigenvalue weighted by molar-refractivity contribution is -0.141. The summed E-state index contributed by atoms with van der Waals surface area (Å²) in [5, 5.41) is 0. The molecule has 0 atom stereocenters. The highest BCUT2D eigenvalue weighted by Gasteiger charge is 2.37. The minimum atomic E-state index is -4.48. The highest BCUT2D eigenvalue weighted by molar-refractivity contribution is 5.70. The number of hydrogen-bond donors (Lipinski definition) is 1. The van der Waals surface area contributed by atoms with Gasteiger partial charge in [0.15, 0.2) is 5.69 Å². The Hall–Kier alpha value is -1.52. The van der Waals surface area contributed by atoms with Gasteiger partial charge in [0.1, 0.15) is 0 Å². The summed E-state index contributed by atoms with van der Waals surface area (Å²) in [5.74, 6) is 0. The first-order valence-corrected chi connectivity index (χ1v) is 4.96. The van der Waals surface area contributed by atoms with Crippen LogP contribution in [0.25, 0.3) is 6.08 Å². The Kier molecular flexibility index (Phi) is 2.40. The smallest absolute Gasteiger partial charge is 0.398 e. The van der Waals surface area contributed by atoms with E-state index < -0.39 is 11.9 Å². The number of rotatable bonds is 1. The number of pyridine rings is 1. The number of hydrogen-bond acceptors (Lipinski definition) is 2. The molecule has 0 bridgehead atoms. The van der Waals surface area contributed by atoms with E-state index >= 15 is 0 Å². The van der Waals surface area contributed by atoms with Crippen molar-refractivity contribution in [2.24, 2.45) is 0 Å². The maximum atomic E-state index is 12.7. The van der Waals surface area contributed by atoms with E-state index in [1.54, 1.807) is 0 Å². The van der Waals surface area contributed by atoms with Crippen LogP contribution in [0.2, 0.25) is 0 Å². The van der Waals surface area contributed by atoms with Crippen LogP contribution >= 0.6 is 0 Å². The Morgan fingerprint density at radius 1 is 1.31 bits per heavy atom. The number of anilines is 1. The number of nitrogens with zero attached hydrogens (tertiary/aromatic N) is 1. The van der Waals surface area contributed by atoms with E-state index in [0.717, 1.165) is 18.1 Å². The summed E-state index contributed by atoms with van der Waals surface area (Å²) < 4.78 is 38.2. The first-order chi connectivity index (χ1) is 7.45. The second kappa shape index (κ2) is 3.50. The van der Waals surface area contributed by atoms with E-state index in [1.165, 1.54) is 0 Å². The SMILES string of the molecule is C=Cc1c(C(F)(F)F)nc2c(c1N)CCC2. The molecular weight excluding hydrogens is 217 g/mol. The van der Waals surface area contributed by atoms with Crippen LogP contribution in [0.4, 0.5) is 18.9 Å². The summed E-state index contributed by atoms with van der Waals surface area (Å²) in [5.41, 5.74) is 6.15. The summed E-state index contributed by atoms with van der Waals surface area (Å²) in [6, 6.07) is 0. The first-order valence-electron chi connectivity index (χ1n) is 4.96. The lowest BCUT2D eigenvalue weighted by Crippen LogP contribution is -2.14. The predicted molar refractivity (Wildman–Crippen MR) is 55.8 cm³/mol. The summed E-state index contributed by atoms with van der Waals surface area (Å²) in [4.78, 5) is 3.68. The Balaban J connectivity index is 2.71. The molecule has 2 rings (SSSR count). The zero-order valence-corrected chi connectivity index (χ0v) is 8.56. The molecule has 86 valence electrons. The van der Waals surface area contributed by atoms with Crippen LogP contribution < -0.4 is 5.73 Å². The van der Waals surface area contributed by atoms with E-state index in [2.05, 4.69) is 11.6 Å². The molecule has 1 aromatic heterocycles. The van der Waals surface area contributed by atoms with Crippen molar-refractivity contribution in [2.75, 3.05) is 5.73 Å². The van der Waals surface area contributed by atoms with E-state index in [-0.39, 0.29) is 11.3 Å². The number of nitrogens with two attached hydrogens (primary N) is 1. The molecule has 0 radical (unpaired) electrons. The molecule has 0 aromatic carbocycles. The Morgan fingerprint density at radius 2 is 2.00 bits per heavy atom. The quantitative estimate of drug-likeness (QED) is 0.802. The standard InChI is InChI=1S/C11H11F3N2/c1-2-6-9(15)7-4-3-5-8(7)16-10(6)11(12,13)14/h2H,1,3-5H2,(H2,15,16). The molecule has 0 fully saturated rings. The third-order valence-corrected chi connectivity index (χ3v) is 2.78. The van der Waals surface area contributed by atoms with Crippen LogP contribution in [0, 0.1) is 0 Å². The van der Waals surface area contributed by atoms with Crippen molar-refractivity contribution in [1.82, 2.24) is 4.98 Å². The molecular formula is C11H11F3N2. The van der Waals surface area contributed by atoms with Gasteiger partial charge in [-0.3, -0.25) is 0 Å². The molecule has 1 aromatic rings. The molecule has 0 saturated heterocycles. The van der Waals surface area contributed by atoms with Gasteiger partial charge in [-0.25, -0.2) is 4.98 Å². The number of fused-ring (bicyclic) bond motifs is 1. The fourth-order valence-corrected chi connectivity index (χ4v) is 2.05. The van der Waals surface area contributed by atoms with Crippen molar-refractivity contribution in [2.45, 2.75) is 25.4 Å². The van der Waals surface area contributed by atoms with Crippen molar-refractivity contribution >= 4 is 11.8 Å². The Labute approximate surface area is 91.0 Å². The zero-order chi connectivity index (χ0) is 11.9. The summed E-state index contributed by atoms with van der Waals surface area (Å²) >= 11 is 0. The minimum absolute atomic E-state index is 0.0897. The molecule has 0 saturated carbocycles. The second-order valence-corrected chi connectivity index (χ2v) is 3.77. The van der Waals surface area contributed by atoms with Gasteiger partial charge in [0.2, 0.25) is 0 Å². The van der Waals surface area contributed by atoms with Gasteiger partial charge >= 0.3 is 6.18 Å². The van der Waals surface area contributed by atoms with Gasteiger partial charge in [0.05, 0.1) is 0 Å². The van der Waals surface area contributed by atoms with Crippen molar-refractivity contribution in [1.29, 1.82) is 0 Å². The number of aryl methyl sites for hydroxylation is 1. The van der Waals surface area contributed by atoms with E-state index in [0.29, 0.717) is 18.5 Å². The maximum absolute atomic E-state index is 12.7. The molecule has 0 spiro atoms. The molecule has 1 aliphatic carbocycles. The normalized spacial score (nSPS) is 14.9. The molecule has 1 aliphatic rings. The largest absolute Gasteiger partial charge is 0.434 e. The van der Waals surface area contributed by atoms with Crippen molar-refractivity contribution in [3.63, 3.8) is 0 Å². The van der Waals surface area contributed by atoms with E-state index in [9.17, 15) is 13.2 Å². The Bertz CT molecular complexity index is 450. The number of halogens is 3. The van der Waals surface area contributed by atoms with E-state index in [4.69, 9.17) is 5.73 Å². The van der Waals surface area contributed by atoms with Crippen molar-refractivity contribution in [3.05, 3.63) is 29.1 Å². The van der Waals surface area contributed by atoms with Crippen LogP contribution in [0.3, 0.4) is 0 Å². The van der Waals surface area contributed by atoms with Crippen molar-refractivity contribution in [3.8, 4) is 0 Å². The monoisotopic (exact) mass is 228 g/mol. The predicted octanol–water partition coefficient (Wildman–Crippen LogP) is 2.81. The molecule has 1 heterocycles. The van der Waals surface area contributed by atoms with Gasteiger partial charge in [-0.05, 0) is 24.8 Å². The highest BCUT2D eigenvalue weighted by Crippen LogP contribution is 2.38. The maximum Gasteiger partial charge on any atom is 0.434 e. The van der Waals surface area contributed by atoms with Crippen molar-refractivity contribution < 1.29 is 13.2 Å². The molecule has 0 amide bonds. The number of alkyl halides is 3. The lowest BCUT2D eigenvalue weighted by atomic mass is 10.0. The van der Waals surface area contributed by atoms with Crippen LogP contribution in [0.15, 0.2) is 6.58 Å². The third kappa shape index (κ3) is 1.56. The van der Waals surface area contributed by atoms with Gasteiger partial charge in [-0.2, -0.15) is 13.2 Å². The Morgan fingerprint density at radius 3 is 2.56 bits per heavy atom. The van der Waals surface area contributed by atoms with Gasteiger partial charge in [-0.15, -0.1) is 0 Å². The molecule has 5 heteroatoms. The van der Waals surface area contributed by atoms with E-state index in [1.807, 2.05) is 0 Å². The summed E-state index contributed by atoms with van der Waals surface area (Å²) in [6.07, 6.45) is -1.27. The summed E-state index contributed by atoms with van der Waals surface area (Å²) in [7, 11) is 0. The van der Waals surface area contributed by atoms with Gasteiger partial charge in [-0.1, -0.05) is 12.7 Å². The molecule has 0 unspecified atom stereocenters. The number of aromatic nitrogens is 1. The third-order valence-electron chi connectivity index (χ3n) is 2.78. The van der Waals surface area contributed by atoms with Gasteiger partial charge in [0, 0.05) is 16.9 Å². The van der Waals surface area contributed by atoms with Crippen LogP contribution in [0.5, 0.6) is 0 Å². The highest BCUT2D eigenvalue weighted by atomic mass is 19.4. The molecule has 2 nitrogen and oxygen atoms in total. The fourth-order valence-electron chi connectivity index (χ4n) is 2.05. The van der Waals surface area contributed by atoms with Crippen LogP contribution in [-0.2, 0) is 19.0 Å². The average molecular weight is 228 g/mol. The second-order valence-electron chi connectivity index (χ2n) is 3.77. The fraction of sp³-hybridized carbons (Fsp3) is 0.364. The van der Waals surface area contributed by atoms with Crippen LogP contribution in [-0.4, -0.2) is 4.98 Å². The molecule has 2 N–H and O–H groups in total. The average Bonchev–Trinajstić information content (AvgIpc) is 2.64. The van der Waals surface area contributed by atoms with Crippen LogP contribution in [0.1, 0.15) is 28.9 Å². The first kappa shape index (κ1) is 11.0. The topological polar surface area (TPSA) is 38.9 Å².